The Hall–Kier alpha value is -1.37. The Morgan fingerprint density at radius 2 is 2.26 bits per heavy atom. The zero-order chi connectivity index (χ0) is 13.7. The second-order valence-electron chi connectivity index (χ2n) is 4.51. The lowest BCUT2D eigenvalue weighted by Crippen LogP contribution is -2.31. The monoisotopic (exact) mass is 327 g/mol. The lowest BCUT2D eigenvalue weighted by atomic mass is 10.5. The van der Waals surface area contributed by atoms with Gasteiger partial charge < -0.3 is 16.0 Å². The molecule has 6 nitrogen and oxygen atoms in total. The van der Waals surface area contributed by atoms with E-state index >= 15 is 0 Å². The van der Waals surface area contributed by atoms with Crippen molar-refractivity contribution in [3.05, 3.63) is 10.7 Å². The van der Waals surface area contributed by atoms with Gasteiger partial charge in [-0.05, 0) is 35.2 Å². The van der Waals surface area contributed by atoms with Crippen LogP contribution in [0.3, 0.4) is 0 Å². The molecule has 0 unspecified atom stereocenters. The lowest BCUT2D eigenvalue weighted by Gasteiger charge is -2.09. The molecule has 0 aromatic carbocycles. The molecule has 2 rings (SSSR count). The summed E-state index contributed by atoms with van der Waals surface area (Å²) in [5.74, 6) is 1.19. The van der Waals surface area contributed by atoms with Crippen LogP contribution >= 0.6 is 15.9 Å². The maximum Gasteiger partial charge on any atom is 0.239 e. The molecule has 3 N–H and O–H groups in total. The molecule has 19 heavy (non-hydrogen) atoms. The van der Waals surface area contributed by atoms with Gasteiger partial charge in [0.05, 0.1) is 11.0 Å². The van der Waals surface area contributed by atoms with Crippen LogP contribution in [0.4, 0.5) is 11.8 Å². The molecular formula is C12H18BrN5O. The first-order valence-electron chi connectivity index (χ1n) is 6.48. The average Bonchev–Trinajstić information content (AvgIpc) is 3.20. The van der Waals surface area contributed by atoms with Gasteiger partial charge in [0.15, 0.2) is 0 Å². The molecular weight excluding hydrogens is 310 g/mol. The van der Waals surface area contributed by atoms with Gasteiger partial charge in [0.1, 0.15) is 5.82 Å². The van der Waals surface area contributed by atoms with Crippen LogP contribution in [0.1, 0.15) is 26.2 Å². The second-order valence-corrected chi connectivity index (χ2v) is 5.37. The normalized spacial score (nSPS) is 14.0. The zero-order valence-electron chi connectivity index (χ0n) is 10.9. The molecule has 0 bridgehead atoms. The first-order chi connectivity index (χ1) is 9.19. The van der Waals surface area contributed by atoms with Gasteiger partial charge in [-0.3, -0.25) is 4.79 Å². The number of rotatable bonds is 7. The second kappa shape index (κ2) is 6.70. The van der Waals surface area contributed by atoms with Crippen LogP contribution in [-0.4, -0.2) is 35.0 Å². The summed E-state index contributed by atoms with van der Waals surface area (Å²) in [4.78, 5) is 20.1. The van der Waals surface area contributed by atoms with Crippen LogP contribution in [0.5, 0.6) is 0 Å². The quantitative estimate of drug-likeness (QED) is 0.711. The van der Waals surface area contributed by atoms with Crippen molar-refractivity contribution in [1.82, 2.24) is 15.3 Å². The van der Waals surface area contributed by atoms with Crippen LogP contribution < -0.4 is 16.0 Å². The number of carbonyl (C=O) groups is 1. The number of anilines is 2. The van der Waals surface area contributed by atoms with E-state index in [1.165, 1.54) is 0 Å². The molecule has 1 amide bonds. The third-order valence-electron chi connectivity index (χ3n) is 2.64. The van der Waals surface area contributed by atoms with E-state index in [0.29, 0.717) is 17.8 Å². The molecule has 0 spiro atoms. The van der Waals surface area contributed by atoms with Gasteiger partial charge >= 0.3 is 0 Å². The number of nitrogens with zero attached hydrogens (tertiary/aromatic N) is 2. The minimum absolute atomic E-state index is 0.00363. The van der Waals surface area contributed by atoms with E-state index in [2.05, 4.69) is 48.8 Å². The van der Waals surface area contributed by atoms with E-state index in [1.807, 2.05) is 0 Å². The van der Waals surface area contributed by atoms with Gasteiger partial charge in [-0.15, -0.1) is 0 Å². The fourth-order valence-electron chi connectivity index (χ4n) is 1.48. The van der Waals surface area contributed by atoms with Crippen molar-refractivity contribution >= 4 is 33.6 Å². The number of halogens is 1. The molecule has 1 aliphatic rings. The molecule has 0 aliphatic heterocycles. The maximum absolute atomic E-state index is 11.6. The summed E-state index contributed by atoms with van der Waals surface area (Å²) >= 11 is 3.36. The van der Waals surface area contributed by atoms with Gasteiger partial charge in [-0.2, -0.15) is 4.98 Å². The Kier molecular flexibility index (Phi) is 4.95. The molecule has 0 saturated heterocycles. The minimum atomic E-state index is -0.00363. The third kappa shape index (κ3) is 4.66. The number of carbonyl (C=O) groups excluding carboxylic acids is 1. The lowest BCUT2D eigenvalue weighted by molar-refractivity contribution is -0.119. The van der Waals surface area contributed by atoms with Crippen molar-refractivity contribution < 1.29 is 4.79 Å². The third-order valence-corrected chi connectivity index (χ3v) is 3.22. The van der Waals surface area contributed by atoms with E-state index in [4.69, 9.17) is 0 Å². The molecule has 1 aliphatic carbocycles. The number of aromatic nitrogens is 2. The van der Waals surface area contributed by atoms with Crippen molar-refractivity contribution in [2.45, 2.75) is 32.2 Å². The SMILES string of the molecule is CCCNc1ncc(Br)c(NCC(=O)NC2CC2)n1. The van der Waals surface area contributed by atoms with E-state index in [1.54, 1.807) is 6.20 Å². The van der Waals surface area contributed by atoms with Crippen molar-refractivity contribution in [2.24, 2.45) is 0 Å². The van der Waals surface area contributed by atoms with Crippen LogP contribution in [0.25, 0.3) is 0 Å². The molecule has 1 heterocycles. The Balaban J connectivity index is 1.88. The fraction of sp³-hybridized carbons (Fsp3) is 0.583. The van der Waals surface area contributed by atoms with Crippen LogP contribution in [0, 0.1) is 0 Å². The summed E-state index contributed by atoms with van der Waals surface area (Å²) in [6.45, 7) is 3.12. The smallest absolute Gasteiger partial charge is 0.239 e. The highest BCUT2D eigenvalue weighted by atomic mass is 79.9. The zero-order valence-corrected chi connectivity index (χ0v) is 12.5. The van der Waals surface area contributed by atoms with Crippen molar-refractivity contribution in [3.63, 3.8) is 0 Å². The first-order valence-corrected chi connectivity index (χ1v) is 7.28. The Bertz CT molecular complexity index is 450. The first kappa shape index (κ1) is 14.0. The number of amides is 1. The van der Waals surface area contributed by atoms with Gasteiger partial charge in [0.2, 0.25) is 11.9 Å². The topological polar surface area (TPSA) is 78.9 Å². The fourth-order valence-corrected chi connectivity index (χ4v) is 1.81. The van der Waals surface area contributed by atoms with Gasteiger partial charge in [0, 0.05) is 18.8 Å². The highest BCUT2D eigenvalue weighted by molar-refractivity contribution is 9.10. The van der Waals surface area contributed by atoms with Crippen LogP contribution in [0.15, 0.2) is 10.7 Å². The molecule has 7 heteroatoms. The number of nitrogens with one attached hydrogen (secondary N) is 3. The Morgan fingerprint density at radius 1 is 1.47 bits per heavy atom. The van der Waals surface area contributed by atoms with Gasteiger partial charge in [0.25, 0.3) is 0 Å². The summed E-state index contributed by atoms with van der Waals surface area (Å²) in [5, 5.41) is 9.04. The maximum atomic E-state index is 11.6. The minimum Gasteiger partial charge on any atom is -0.360 e. The Labute approximate surface area is 120 Å². The predicted octanol–water partition coefficient (Wildman–Crippen LogP) is 1.75. The van der Waals surface area contributed by atoms with E-state index in [-0.39, 0.29) is 12.5 Å². The molecule has 1 fully saturated rings. The summed E-state index contributed by atoms with van der Waals surface area (Å²) in [6.07, 6.45) is 4.86. The Morgan fingerprint density at radius 3 is 2.95 bits per heavy atom. The standard InChI is InChI=1S/C12H18BrN5O/c1-2-5-14-12-16-6-9(13)11(18-12)15-7-10(19)17-8-3-4-8/h6,8H,2-5,7H2,1H3,(H,17,19)(H2,14,15,16,18). The summed E-state index contributed by atoms with van der Waals surface area (Å²) < 4.78 is 0.744. The van der Waals surface area contributed by atoms with Crippen molar-refractivity contribution in [1.29, 1.82) is 0 Å². The van der Waals surface area contributed by atoms with E-state index in [9.17, 15) is 4.79 Å². The molecule has 0 atom stereocenters. The largest absolute Gasteiger partial charge is 0.360 e. The number of hydrogen-bond acceptors (Lipinski definition) is 5. The molecule has 1 aromatic heterocycles. The van der Waals surface area contributed by atoms with Gasteiger partial charge in [-0.25, -0.2) is 4.98 Å². The highest BCUT2D eigenvalue weighted by Crippen LogP contribution is 2.20. The summed E-state index contributed by atoms with van der Waals surface area (Å²) in [7, 11) is 0. The van der Waals surface area contributed by atoms with Crippen LogP contribution in [-0.2, 0) is 4.79 Å². The van der Waals surface area contributed by atoms with Crippen molar-refractivity contribution in [3.8, 4) is 0 Å². The molecule has 1 aromatic rings. The summed E-state index contributed by atoms with van der Waals surface area (Å²) in [5.41, 5.74) is 0. The highest BCUT2D eigenvalue weighted by Gasteiger charge is 2.23. The van der Waals surface area contributed by atoms with E-state index < -0.39 is 0 Å². The summed E-state index contributed by atoms with van der Waals surface area (Å²) in [6, 6.07) is 0.380. The predicted molar refractivity (Wildman–Crippen MR) is 78.2 cm³/mol. The molecule has 104 valence electrons. The van der Waals surface area contributed by atoms with E-state index in [0.717, 1.165) is 30.3 Å². The van der Waals surface area contributed by atoms with Crippen molar-refractivity contribution in [2.75, 3.05) is 23.7 Å². The van der Waals surface area contributed by atoms with Crippen LogP contribution in [0.2, 0.25) is 0 Å². The molecule has 0 radical (unpaired) electrons. The molecule has 1 saturated carbocycles. The number of hydrogen-bond donors (Lipinski definition) is 3. The van der Waals surface area contributed by atoms with Gasteiger partial charge in [-0.1, -0.05) is 6.92 Å². The average molecular weight is 328 g/mol.